The third-order valence-electron chi connectivity index (χ3n) is 2.83. The molecule has 2 aromatic rings. The molecule has 11 heteroatoms. The van der Waals surface area contributed by atoms with Crippen LogP contribution >= 0.6 is 23.4 Å². The number of hydrogen-bond donors (Lipinski definition) is 1. The number of nitro benzene ring substituents is 1. The predicted octanol–water partition coefficient (Wildman–Crippen LogP) is 2.58. The molecule has 0 spiro atoms. The molecule has 0 bridgehead atoms. The zero-order chi connectivity index (χ0) is 18.0. The molecule has 24 heavy (non-hydrogen) atoms. The van der Waals surface area contributed by atoms with Gasteiger partial charge in [-0.15, -0.1) is 10.2 Å². The predicted molar refractivity (Wildman–Crippen MR) is 87.7 cm³/mol. The zero-order valence-electron chi connectivity index (χ0n) is 13.0. The Morgan fingerprint density at radius 3 is 2.62 bits per heavy atom. The topological polar surface area (TPSA) is 126 Å². The number of nitrogens with zero attached hydrogens (tertiary/aromatic N) is 4. The number of carbonyl (C=O) groups excluding carboxylic acids is 1. The molecule has 0 unspecified atom stereocenters. The monoisotopic (exact) mass is 371 g/mol. The lowest BCUT2D eigenvalue weighted by atomic mass is 10.2. The summed E-state index contributed by atoms with van der Waals surface area (Å²) in [6.07, 6.45) is -0.358. The number of aromatic nitrogens is 3. The van der Waals surface area contributed by atoms with Gasteiger partial charge >= 0.3 is 5.97 Å². The highest BCUT2D eigenvalue weighted by molar-refractivity contribution is 7.99. The average molecular weight is 372 g/mol. The fourth-order valence-corrected chi connectivity index (χ4v) is 2.95. The van der Waals surface area contributed by atoms with E-state index in [0.717, 1.165) is 17.8 Å². The number of carbonyl (C=O) groups is 1. The van der Waals surface area contributed by atoms with Crippen molar-refractivity contribution in [2.75, 3.05) is 5.84 Å². The Kier molecular flexibility index (Phi) is 5.30. The van der Waals surface area contributed by atoms with Gasteiger partial charge in [0.25, 0.3) is 5.69 Å². The van der Waals surface area contributed by atoms with E-state index in [1.807, 2.05) is 0 Å². The van der Waals surface area contributed by atoms with Crippen molar-refractivity contribution in [1.29, 1.82) is 0 Å². The normalized spacial score (nSPS) is 10.9. The Labute approximate surface area is 146 Å². The van der Waals surface area contributed by atoms with Crippen molar-refractivity contribution >= 4 is 35.0 Å². The maximum absolute atomic E-state index is 12.0. The Hall–Kier alpha value is -2.33. The van der Waals surface area contributed by atoms with Gasteiger partial charge in [0.2, 0.25) is 5.16 Å². The first-order chi connectivity index (χ1) is 11.2. The van der Waals surface area contributed by atoms with Gasteiger partial charge in [-0.05, 0) is 38.6 Å². The number of benzene rings is 1. The van der Waals surface area contributed by atoms with Crippen LogP contribution in [-0.2, 0) is 4.74 Å². The minimum absolute atomic E-state index is 0.00449. The van der Waals surface area contributed by atoms with Crippen LogP contribution in [0.4, 0.5) is 5.69 Å². The summed E-state index contributed by atoms with van der Waals surface area (Å²) in [5, 5.41) is 19.2. The number of nitrogens with two attached hydrogens (primary N) is 1. The number of rotatable bonds is 5. The van der Waals surface area contributed by atoms with E-state index in [1.54, 1.807) is 20.8 Å². The largest absolute Gasteiger partial charge is 0.459 e. The summed E-state index contributed by atoms with van der Waals surface area (Å²) in [5.41, 5.74) is -0.348. The van der Waals surface area contributed by atoms with Crippen molar-refractivity contribution in [1.82, 2.24) is 14.9 Å². The van der Waals surface area contributed by atoms with Gasteiger partial charge in [-0.1, -0.05) is 11.6 Å². The Morgan fingerprint density at radius 1 is 1.46 bits per heavy atom. The van der Waals surface area contributed by atoms with Gasteiger partial charge in [-0.3, -0.25) is 10.1 Å². The van der Waals surface area contributed by atoms with E-state index in [1.165, 1.54) is 10.7 Å². The van der Waals surface area contributed by atoms with Crippen molar-refractivity contribution < 1.29 is 14.5 Å². The van der Waals surface area contributed by atoms with Gasteiger partial charge in [0.15, 0.2) is 0 Å². The van der Waals surface area contributed by atoms with Crippen LogP contribution < -0.4 is 5.84 Å². The fraction of sp³-hybridized carbons (Fsp3) is 0.308. The molecule has 9 nitrogen and oxygen atoms in total. The van der Waals surface area contributed by atoms with Gasteiger partial charge in [0, 0.05) is 6.07 Å². The molecular weight excluding hydrogens is 358 g/mol. The van der Waals surface area contributed by atoms with E-state index >= 15 is 0 Å². The molecule has 2 N–H and O–H groups in total. The molecule has 0 aliphatic carbocycles. The highest BCUT2D eigenvalue weighted by atomic mass is 35.5. The van der Waals surface area contributed by atoms with E-state index in [9.17, 15) is 14.9 Å². The first-order valence-corrected chi connectivity index (χ1v) is 7.94. The lowest BCUT2D eigenvalue weighted by molar-refractivity contribution is -0.387. The Bertz CT molecular complexity index is 808. The van der Waals surface area contributed by atoms with Crippen molar-refractivity contribution in [3.05, 3.63) is 38.7 Å². The highest BCUT2D eigenvalue weighted by Crippen LogP contribution is 2.40. The van der Waals surface area contributed by atoms with E-state index in [2.05, 4.69) is 10.2 Å². The summed E-state index contributed by atoms with van der Waals surface area (Å²) in [6.45, 7) is 4.99. The second-order valence-electron chi connectivity index (χ2n) is 5.02. The number of halogens is 1. The quantitative estimate of drug-likeness (QED) is 0.367. The smallest absolute Gasteiger partial charge is 0.338 e. The summed E-state index contributed by atoms with van der Waals surface area (Å²) in [5.74, 6) is 5.49. The summed E-state index contributed by atoms with van der Waals surface area (Å²) < 4.78 is 6.22. The summed E-state index contributed by atoms with van der Waals surface area (Å²) >= 11 is 7.03. The molecule has 1 aromatic carbocycles. The van der Waals surface area contributed by atoms with Crippen molar-refractivity contribution in [2.24, 2.45) is 0 Å². The van der Waals surface area contributed by atoms with Gasteiger partial charge in [0.1, 0.15) is 10.7 Å². The number of nitro groups is 1. The fourth-order valence-electron chi connectivity index (χ4n) is 1.73. The van der Waals surface area contributed by atoms with Crippen LogP contribution in [0.15, 0.2) is 22.2 Å². The number of ether oxygens (including phenoxy) is 1. The van der Waals surface area contributed by atoms with Crippen molar-refractivity contribution in [2.45, 2.75) is 36.9 Å². The standard InChI is InChI=1S/C13H14ClN5O4S/c1-6(2)23-12(20)8-4-9(14)11(10(5-8)19(21)22)24-13-17-16-7(3)18(13)15/h4-6H,15H2,1-3H3. The summed E-state index contributed by atoms with van der Waals surface area (Å²) in [6, 6.07) is 2.43. The number of esters is 1. The number of aryl methyl sites for hydroxylation is 1. The lowest BCUT2D eigenvalue weighted by Crippen LogP contribution is -2.13. The molecule has 128 valence electrons. The van der Waals surface area contributed by atoms with Crippen molar-refractivity contribution in [3.8, 4) is 0 Å². The highest BCUT2D eigenvalue weighted by Gasteiger charge is 2.25. The third kappa shape index (κ3) is 3.77. The second-order valence-corrected chi connectivity index (χ2v) is 6.40. The minimum atomic E-state index is -0.690. The van der Waals surface area contributed by atoms with Crippen LogP contribution in [0.1, 0.15) is 30.0 Å². The van der Waals surface area contributed by atoms with E-state index < -0.39 is 10.9 Å². The molecule has 0 amide bonds. The Balaban J connectivity index is 2.46. The molecule has 0 radical (unpaired) electrons. The van der Waals surface area contributed by atoms with Crippen LogP contribution in [0, 0.1) is 17.0 Å². The van der Waals surface area contributed by atoms with Crippen LogP contribution in [-0.4, -0.2) is 31.9 Å². The summed E-state index contributed by atoms with van der Waals surface area (Å²) in [4.78, 5) is 22.8. The second kappa shape index (κ2) is 7.05. The molecule has 2 rings (SSSR count). The maximum Gasteiger partial charge on any atom is 0.338 e. The molecule has 0 saturated heterocycles. The van der Waals surface area contributed by atoms with E-state index in [4.69, 9.17) is 22.2 Å². The number of hydrogen-bond acceptors (Lipinski definition) is 8. The van der Waals surface area contributed by atoms with Crippen LogP contribution in [0.5, 0.6) is 0 Å². The molecular formula is C13H14ClN5O4S. The van der Waals surface area contributed by atoms with Crippen LogP contribution in [0.3, 0.4) is 0 Å². The maximum atomic E-state index is 12.0. The van der Waals surface area contributed by atoms with Gasteiger partial charge < -0.3 is 10.6 Å². The minimum Gasteiger partial charge on any atom is -0.459 e. The molecule has 0 aliphatic heterocycles. The van der Waals surface area contributed by atoms with Crippen LogP contribution in [0.25, 0.3) is 0 Å². The van der Waals surface area contributed by atoms with Crippen LogP contribution in [0.2, 0.25) is 5.02 Å². The molecule has 0 atom stereocenters. The summed E-state index contributed by atoms with van der Waals surface area (Å²) in [7, 11) is 0. The van der Waals surface area contributed by atoms with Gasteiger partial charge in [-0.25, -0.2) is 9.47 Å². The molecule has 1 aromatic heterocycles. The van der Waals surface area contributed by atoms with E-state index in [0.29, 0.717) is 5.82 Å². The van der Waals surface area contributed by atoms with Gasteiger partial charge in [0.05, 0.1) is 21.6 Å². The lowest BCUT2D eigenvalue weighted by Gasteiger charge is -2.10. The van der Waals surface area contributed by atoms with Crippen molar-refractivity contribution in [3.63, 3.8) is 0 Å². The SMILES string of the molecule is Cc1nnc(Sc2c(Cl)cc(C(=O)OC(C)C)cc2[N+](=O)[O-])n1N. The first-order valence-electron chi connectivity index (χ1n) is 6.74. The molecule has 0 aliphatic rings. The average Bonchev–Trinajstić information content (AvgIpc) is 2.79. The zero-order valence-corrected chi connectivity index (χ0v) is 14.6. The number of nitrogen functional groups attached to an aromatic ring is 1. The molecule has 0 fully saturated rings. The van der Waals surface area contributed by atoms with Gasteiger partial charge in [-0.2, -0.15) is 0 Å². The third-order valence-corrected chi connectivity index (χ3v) is 4.33. The first kappa shape index (κ1) is 18.0. The Morgan fingerprint density at radius 2 is 2.12 bits per heavy atom. The molecule has 0 saturated carbocycles. The van der Waals surface area contributed by atoms with E-state index in [-0.39, 0.29) is 32.4 Å². The molecule has 1 heterocycles.